The Balaban J connectivity index is 3.98. The molecule has 0 heterocycles. The van der Waals surface area contributed by atoms with E-state index in [4.69, 9.17) is 11.5 Å². The third kappa shape index (κ3) is 6.85. The lowest BCUT2D eigenvalue weighted by Gasteiger charge is -2.15. The molecule has 0 aromatic rings. The van der Waals surface area contributed by atoms with Crippen molar-refractivity contribution in [3.8, 4) is 12.3 Å². The Bertz CT molecular complexity index is 281. The van der Waals surface area contributed by atoms with Crippen LogP contribution in [0.15, 0.2) is 0 Å². The van der Waals surface area contributed by atoms with Crippen LogP contribution in [-0.4, -0.2) is 36.1 Å². The van der Waals surface area contributed by atoms with Crippen molar-refractivity contribution in [1.29, 1.82) is 0 Å². The quantitative estimate of drug-likeness (QED) is 0.526. The van der Waals surface area contributed by atoms with Gasteiger partial charge in [0.05, 0.1) is 13.1 Å². The molecule has 3 N–H and O–H groups in total. The first-order valence-corrected chi connectivity index (χ1v) is 5.13. The van der Waals surface area contributed by atoms with Gasteiger partial charge >= 0.3 is 5.97 Å². The van der Waals surface area contributed by atoms with Crippen LogP contribution >= 0.6 is 0 Å². The summed E-state index contributed by atoms with van der Waals surface area (Å²) in [6.45, 7) is 3.97. The molecule has 0 saturated carbocycles. The molecule has 0 rings (SSSR count). The fraction of sp³-hybridized carbons (Fsp3) is 0.636. The van der Waals surface area contributed by atoms with Gasteiger partial charge in [-0.25, -0.2) is 0 Å². The smallest absolute Gasteiger partial charge is 0.320 e. The van der Waals surface area contributed by atoms with E-state index < -0.39 is 12.0 Å². The Morgan fingerprint density at radius 1 is 1.44 bits per heavy atom. The minimum atomic E-state index is -0.946. The fourth-order valence-corrected chi connectivity index (χ4v) is 1.17. The first-order chi connectivity index (χ1) is 7.47. The minimum Gasteiger partial charge on any atom is -0.480 e. The number of terminal acetylenes is 1. The third-order valence-electron chi connectivity index (χ3n) is 1.90. The molecule has 5 nitrogen and oxygen atoms in total. The monoisotopic (exact) mass is 226 g/mol. The van der Waals surface area contributed by atoms with E-state index in [0.717, 1.165) is 0 Å². The molecule has 0 saturated heterocycles. The number of hydrogen-bond donors (Lipinski definition) is 3. The number of hydrogen-bond acceptors (Lipinski definition) is 3. The zero-order valence-electron chi connectivity index (χ0n) is 9.62. The highest BCUT2D eigenvalue weighted by Crippen LogP contribution is 2.04. The molecule has 0 radical (unpaired) electrons. The van der Waals surface area contributed by atoms with Gasteiger partial charge in [0.15, 0.2) is 0 Å². The Labute approximate surface area is 95.6 Å². The van der Waals surface area contributed by atoms with E-state index in [2.05, 4.69) is 16.6 Å². The van der Waals surface area contributed by atoms with Crippen LogP contribution < -0.4 is 10.6 Å². The molecule has 16 heavy (non-hydrogen) atoms. The van der Waals surface area contributed by atoms with Crippen molar-refractivity contribution in [3.63, 3.8) is 0 Å². The summed E-state index contributed by atoms with van der Waals surface area (Å²) in [5.74, 6) is 1.27. The molecule has 0 aliphatic rings. The summed E-state index contributed by atoms with van der Waals surface area (Å²) in [4.78, 5) is 22.0. The molecule has 0 aromatic carbocycles. The van der Waals surface area contributed by atoms with E-state index in [1.54, 1.807) is 0 Å². The van der Waals surface area contributed by atoms with E-state index in [-0.39, 0.29) is 24.9 Å². The second-order valence-corrected chi connectivity index (χ2v) is 3.88. The Morgan fingerprint density at radius 2 is 2.06 bits per heavy atom. The summed E-state index contributed by atoms with van der Waals surface area (Å²) in [5.41, 5.74) is 0. The highest BCUT2D eigenvalue weighted by molar-refractivity contribution is 5.80. The third-order valence-corrected chi connectivity index (χ3v) is 1.90. The summed E-state index contributed by atoms with van der Waals surface area (Å²) in [7, 11) is 0. The van der Waals surface area contributed by atoms with E-state index in [0.29, 0.717) is 6.42 Å². The topological polar surface area (TPSA) is 78.4 Å². The molecule has 0 fully saturated rings. The largest absolute Gasteiger partial charge is 0.480 e. The zero-order valence-corrected chi connectivity index (χ0v) is 9.62. The van der Waals surface area contributed by atoms with Gasteiger partial charge in [-0.1, -0.05) is 19.8 Å². The molecule has 0 aliphatic heterocycles. The Kier molecular flexibility index (Phi) is 6.97. The maximum atomic E-state index is 11.2. The van der Waals surface area contributed by atoms with Crippen LogP contribution in [0.4, 0.5) is 0 Å². The van der Waals surface area contributed by atoms with Gasteiger partial charge in [0.25, 0.3) is 0 Å². The van der Waals surface area contributed by atoms with Gasteiger partial charge in [-0.15, -0.1) is 6.42 Å². The van der Waals surface area contributed by atoms with Crippen LogP contribution in [0.3, 0.4) is 0 Å². The molecule has 0 spiro atoms. The molecule has 0 bridgehead atoms. The molecule has 0 aliphatic carbocycles. The van der Waals surface area contributed by atoms with Crippen molar-refractivity contribution in [3.05, 3.63) is 0 Å². The predicted molar refractivity (Wildman–Crippen MR) is 60.7 cm³/mol. The average Bonchev–Trinajstić information content (AvgIpc) is 2.20. The van der Waals surface area contributed by atoms with E-state index in [1.807, 2.05) is 13.8 Å². The minimum absolute atomic E-state index is 0.0363. The summed E-state index contributed by atoms with van der Waals surface area (Å²) in [6.07, 6.45) is 5.45. The molecule has 90 valence electrons. The molecule has 1 unspecified atom stereocenters. The molecular weight excluding hydrogens is 208 g/mol. The maximum absolute atomic E-state index is 11.2. The van der Waals surface area contributed by atoms with Gasteiger partial charge in [0, 0.05) is 0 Å². The zero-order chi connectivity index (χ0) is 12.6. The maximum Gasteiger partial charge on any atom is 0.320 e. The number of amides is 1. The lowest BCUT2D eigenvalue weighted by molar-refractivity contribution is -0.140. The number of aliphatic carboxylic acids is 1. The average molecular weight is 226 g/mol. The highest BCUT2D eigenvalue weighted by atomic mass is 16.4. The molecule has 5 heteroatoms. The van der Waals surface area contributed by atoms with Crippen molar-refractivity contribution < 1.29 is 14.7 Å². The van der Waals surface area contributed by atoms with E-state index >= 15 is 0 Å². The summed E-state index contributed by atoms with van der Waals surface area (Å²) in [6, 6.07) is -0.698. The second-order valence-electron chi connectivity index (χ2n) is 3.88. The lowest BCUT2D eigenvalue weighted by Crippen LogP contribution is -2.43. The lowest BCUT2D eigenvalue weighted by atomic mass is 10.0. The van der Waals surface area contributed by atoms with Crippen LogP contribution in [0.2, 0.25) is 0 Å². The van der Waals surface area contributed by atoms with Crippen LogP contribution in [0.5, 0.6) is 0 Å². The molecule has 1 atom stereocenters. The number of carboxylic acids is 1. The van der Waals surface area contributed by atoms with Crippen molar-refractivity contribution in [1.82, 2.24) is 10.6 Å². The van der Waals surface area contributed by atoms with Crippen molar-refractivity contribution in [2.75, 3.05) is 13.1 Å². The number of carbonyl (C=O) groups is 2. The SMILES string of the molecule is C#CCNC(=O)CNC(CC(C)C)C(=O)O. The van der Waals surface area contributed by atoms with Crippen molar-refractivity contribution in [2.45, 2.75) is 26.3 Å². The molecule has 0 aromatic heterocycles. The second kappa shape index (κ2) is 7.71. The number of rotatable bonds is 7. The highest BCUT2D eigenvalue weighted by Gasteiger charge is 2.18. The van der Waals surface area contributed by atoms with Crippen LogP contribution in [0.25, 0.3) is 0 Å². The van der Waals surface area contributed by atoms with Gasteiger partial charge in [0.2, 0.25) is 5.91 Å². The van der Waals surface area contributed by atoms with Crippen LogP contribution in [0.1, 0.15) is 20.3 Å². The van der Waals surface area contributed by atoms with Crippen molar-refractivity contribution in [2.24, 2.45) is 5.92 Å². The van der Waals surface area contributed by atoms with E-state index in [9.17, 15) is 9.59 Å². The van der Waals surface area contributed by atoms with Gasteiger partial charge in [-0.05, 0) is 12.3 Å². The summed E-state index contributed by atoms with van der Waals surface area (Å²) < 4.78 is 0. The Hall–Kier alpha value is -1.54. The van der Waals surface area contributed by atoms with Gasteiger partial charge < -0.3 is 10.4 Å². The van der Waals surface area contributed by atoms with Gasteiger partial charge in [0.1, 0.15) is 6.04 Å². The van der Waals surface area contributed by atoms with Crippen molar-refractivity contribution >= 4 is 11.9 Å². The molecule has 1 amide bonds. The first-order valence-electron chi connectivity index (χ1n) is 5.13. The summed E-state index contributed by atoms with van der Waals surface area (Å²) in [5, 5.41) is 14.0. The number of carboxylic acid groups (broad SMARTS) is 1. The number of nitrogens with one attached hydrogen (secondary N) is 2. The summed E-state index contributed by atoms with van der Waals surface area (Å²) >= 11 is 0. The molecular formula is C11H18N2O3. The number of carbonyl (C=O) groups excluding carboxylic acids is 1. The van der Waals surface area contributed by atoms with Crippen LogP contribution in [0, 0.1) is 18.3 Å². The van der Waals surface area contributed by atoms with E-state index in [1.165, 1.54) is 0 Å². The van der Waals surface area contributed by atoms with Gasteiger partial charge in [-0.2, -0.15) is 0 Å². The van der Waals surface area contributed by atoms with Gasteiger partial charge in [-0.3, -0.25) is 14.9 Å². The first kappa shape index (κ1) is 14.5. The Morgan fingerprint density at radius 3 is 2.50 bits per heavy atom. The fourth-order valence-electron chi connectivity index (χ4n) is 1.17. The van der Waals surface area contributed by atoms with Crippen LogP contribution in [-0.2, 0) is 9.59 Å². The predicted octanol–water partition coefficient (Wildman–Crippen LogP) is -0.175. The standard InChI is InChI=1S/C11H18N2O3/c1-4-5-12-10(14)7-13-9(11(15)16)6-8(2)3/h1,8-9,13H,5-7H2,2-3H3,(H,12,14)(H,15,16). The normalized spacial score (nSPS) is 11.9.